The van der Waals surface area contributed by atoms with Gasteiger partial charge >= 0.3 is 0 Å². The second-order valence-electron chi connectivity index (χ2n) is 5.27. The first-order valence-electron chi connectivity index (χ1n) is 6.77. The number of hydrogen-bond acceptors (Lipinski definition) is 4. The monoisotopic (exact) mass is 328 g/mol. The van der Waals surface area contributed by atoms with Gasteiger partial charge in [0.2, 0.25) is 10.0 Å². The molecular formula is C14H20N2O3S2. The van der Waals surface area contributed by atoms with Crippen molar-refractivity contribution in [1.29, 1.82) is 0 Å². The molecule has 1 heterocycles. The van der Waals surface area contributed by atoms with E-state index in [2.05, 4.69) is 0 Å². The molecule has 0 bridgehead atoms. The highest BCUT2D eigenvalue weighted by molar-refractivity contribution is 7.88. The van der Waals surface area contributed by atoms with Gasteiger partial charge in [-0.2, -0.15) is 4.31 Å². The number of hydrogen-bond donors (Lipinski definition) is 1. The summed E-state index contributed by atoms with van der Waals surface area (Å²) in [6, 6.07) is 6.92. The zero-order valence-corrected chi connectivity index (χ0v) is 13.8. The van der Waals surface area contributed by atoms with E-state index in [1.54, 1.807) is 31.3 Å². The van der Waals surface area contributed by atoms with Gasteiger partial charge in [-0.3, -0.25) is 0 Å². The molecule has 2 unspecified atom stereocenters. The summed E-state index contributed by atoms with van der Waals surface area (Å²) >= 11 is 4.92. The highest BCUT2D eigenvalue weighted by atomic mass is 32.2. The number of thiocarbonyl (C=S) groups is 1. The van der Waals surface area contributed by atoms with Crippen molar-refractivity contribution in [3.8, 4) is 0 Å². The van der Waals surface area contributed by atoms with Crippen LogP contribution in [0.3, 0.4) is 0 Å². The van der Waals surface area contributed by atoms with E-state index in [1.807, 2.05) is 6.92 Å². The molecule has 0 radical (unpaired) electrons. The molecule has 5 nitrogen and oxygen atoms in total. The molecule has 7 heteroatoms. The fourth-order valence-corrected chi connectivity index (χ4v) is 4.15. The van der Waals surface area contributed by atoms with Crippen LogP contribution >= 0.6 is 12.2 Å². The maximum atomic E-state index is 12.5. The first-order valence-corrected chi connectivity index (χ1v) is 8.79. The first-order chi connectivity index (χ1) is 9.81. The van der Waals surface area contributed by atoms with E-state index in [9.17, 15) is 8.42 Å². The van der Waals surface area contributed by atoms with Crippen LogP contribution in [0.5, 0.6) is 0 Å². The van der Waals surface area contributed by atoms with Crippen molar-refractivity contribution in [2.45, 2.75) is 31.2 Å². The Kier molecular flexibility index (Phi) is 4.98. The summed E-state index contributed by atoms with van der Waals surface area (Å²) in [5.41, 5.74) is 6.94. The molecule has 1 saturated heterocycles. The van der Waals surface area contributed by atoms with Gasteiger partial charge < -0.3 is 10.5 Å². The minimum Gasteiger partial charge on any atom is -0.389 e. The Morgan fingerprint density at radius 2 is 2.24 bits per heavy atom. The minimum atomic E-state index is -3.40. The highest BCUT2D eigenvalue weighted by Gasteiger charge is 2.34. The molecule has 0 saturated carbocycles. The molecule has 0 amide bonds. The number of nitrogens with two attached hydrogens (primary N) is 1. The van der Waals surface area contributed by atoms with Gasteiger partial charge in [-0.1, -0.05) is 30.4 Å². The first kappa shape index (κ1) is 16.4. The van der Waals surface area contributed by atoms with Gasteiger partial charge in [-0.05, 0) is 25.0 Å². The van der Waals surface area contributed by atoms with Gasteiger partial charge in [-0.25, -0.2) is 8.42 Å². The minimum absolute atomic E-state index is 0.0663. The molecule has 0 aromatic heterocycles. The lowest BCUT2D eigenvalue weighted by Crippen LogP contribution is -2.41. The van der Waals surface area contributed by atoms with Crippen LogP contribution in [0.15, 0.2) is 24.3 Å². The molecule has 2 atom stereocenters. The summed E-state index contributed by atoms with van der Waals surface area (Å²) in [5.74, 6) is -0.0663. The molecule has 1 aliphatic heterocycles. The van der Waals surface area contributed by atoms with Crippen LogP contribution in [0.1, 0.15) is 24.5 Å². The summed E-state index contributed by atoms with van der Waals surface area (Å²) < 4.78 is 31.9. The highest BCUT2D eigenvalue weighted by Crippen LogP contribution is 2.22. The third-order valence-corrected chi connectivity index (χ3v) is 5.88. The molecule has 0 aliphatic carbocycles. The van der Waals surface area contributed by atoms with Gasteiger partial charge in [-0.15, -0.1) is 0 Å². The lowest BCUT2D eigenvalue weighted by Gasteiger charge is -2.26. The maximum absolute atomic E-state index is 12.5. The van der Waals surface area contributed by atoms with Crippen molar-refractivity contribution in [1.82, 2.24) is 4.31 Å². The Bertz CT molecular complexity index is 631. The molecule has 1 aromatic rings. The Balaban J connectivity index is 2.17. The van der Waals surface area contributed by atoms with Crippen LogP contribution in [0.25, 0.3) is 0 Å². The van der Waals surface area contributed by atoms with Gasteiger partial charge in [0.15, 0.2) is 0 Å². The number of benzene rings is 1. The zero-order chi connectivity index (χ0) is 15.6. The third kappa shape index (κ3) is 3.79. The fraction of sp³-hybridized carbons (Fsp3) is 0.500. The van der Waals surface area contributed by atoms with Crippen molar-refractivity contribution < 1.29 is 13.2 Å². The average molecular weight is 328 g/mol. The lowest BCUT2D eigenvalue weighted by atomic mass is 10.1. The lowest BCUT2D eigenvalue weighted by molar-refractivity contribution is 0.102. The quantitative estimate of drug-likeness (QED) is 0.824. The smallest absolute Gasteiger partial charge is 0.218 e. The van der Waals surface area contributed by atoms with Crippen molar-refractivity contribution in [2.75, 3.05) is 13.7 Å². The topological polar surface area (TPSA) is 72.6 Å². The fourth-order valence-electron chi connectivity index (χ4n) is 2.53. The summed E-state index contributed by atoms with van der Waals surface area (Å²) in [6.07, 6.45) is 0.650. The predicted octanol–water partition coefficient (Wildman–Crippen LogP) is 1.26. The summed E-state index contributed by atoms with van der Waals surface area (Å²) in [5, 5.41) is 0. The second-order valence-corrected chi connectivity index (χ2v) is 7.74. The summed E-state index contributed by atoms with van der Waals surface area (Å²) in [7, 11) is -1.79. The van der Waals surface area contributed by atoms with E-state index < -0.39 is 10.0 Å². The van der Waals surface area contributed by atoms with Gasteiger partial charge in [0.25, 0.3) is 0 Å². The molecule has 1 fully saturated rings. The molecule has 1 aliphatic rings. The molecular weight excluding hydrogens is 308 g/mol. The summed E-state index contributed by atoms with van der Waals surface area (Å²) in [4.78, 5) is 0.264. The van der Waals surface area contributed by atoms with Gasteiger partial charge in [0.05, 0.1) is 17.9 Å². The van der Waals surface area contributed by atoms with Gasteiger partial charge in [0, 0.05) is 19.2 Å². The third-order valence-electron chi connectivity index (χ3n) is 3.80. The zero-order valence-electron chi connectivity index (χ0n) is 12.2. The van der Waals surface area contributed by atoms with Gasteiger partial charge in [0.1, 0.15) is 4.99 Å². The number of nitrogens with zero attached hydrogens (tertiary/aromatic N) is 1. The van der Waals surface area contributed by atoms with E-state index >= 15 is 0 Å². The Hall–Kier alpha value is -1.02. The molecule has 2 rings (SSSR count). The Morgan fingerprint density at radius 3 is 2.81 bits per heavy atom. The van der Waals surface area contributed by atoms with E-state index in [4.69, 9.17) is 22.7 Å². The van der Waals surface area contributed by atoms with Crippen LogP contribution in [0.2, 0.25) is 0 Å². The van der Waals surface area contributed by atoms with Crippen molar-refractivity contribution >= 4 is 27.2 Å². The largest absolute Gasteiger partial charge is 0.389 e. The van der Waals surface area contributed by atoms with Crippen LogP contribution in [0.4, 0.5) is 0 Å². The average Bonchev–Trinajstić information content (AvgIpc) is 2.83. The van der Waals surface area contributed by atoms with Crippen molar-refractivity contribution in [3.05, 3.63) is 35.4 Å². The second kappa shape index (κ2) is 6.39. The number of rotatable bonds is 5. The molecule has 0 spiro atoms. The van der Waals surface area contributed by atoms with Crippen LogP contribution < -0.4 is 5.73 Å². The van der Waals surface area contributed by atoms with Crippen LogP contribution in [-0.2, 0) is 20.5 Å². The van der Waals surface area contributed by atoms with E-state index in [-0.39, 0.29) is 22.9 Å². The van der Waals surface area contributed by atoms with Crippen LogP contribution in [-0.4, -0.2) is 43.5 Å². The molecule has 21 heavy (non-hydrogen) atoms. The molecule has 116 valence electrons. The van der Waals surface area contributed by atoms with E-state index in [1.165, 1.54) is 4.31 Å². The molecule has 2 N–H and O–H groups in total. The van der Waals surface area contributed by atoms with Crippen LogP contribution in [0, 0.1) is 0 Å². The Labute approximate surface area is 131 Å². The number of sulfonamides is 1. The Morgan fingerprint density at radius 1 is 1.52 bits per heavy atom. The normalized spacial score (nSPS) is 22.6. The molecule has 1 aromatic carbocycles. The predicted molar refractivity (Wildman–Crippen MR) is 86.5 cm³/mol. The van der Waals surface area contributed by atoms with E-state index in [0.29, 0.717) is 17.7 Å². The standard InChI is InChI=1S/C14H20N2O3S2/c1-10-13(6-7-19-10)16(2)21(17,18)9-11-4-3-5-12(8-11)14(15)20/h3-5,8,10,13H,6-7,9H2,1-2H3,(H2,15,20). The number of likely N-dealkylation sites (N-methyl/N-ethyl adjacent to an activating group) is 1. The number of ether oxygens (including phenoxy) is 1. The van der Waals surface area contributed by atoms with Crippen molar-refractivity contribution in [2.24, 2.45) is 5.73 Å². The maximum Gasteiger partial charge on any atom is 0.218 e. The summed E-state index contributed by atoms with van der Waals surface area (Å²) in [6.45, 7) is 2.50. The van der Waals surface area contributed by atoms with Crippen molar-refractivity contribution in [3.63, 3.8) is 0 Å². The van der Waals surface area contributed by atoms with E-state index in [0.717, 1.165) is 6.42 Å². The SMILES string of the molecule is CC1OCCC1N(C)S(=O)(=O)Cc1cccc(C(N)=S)c1.